The first-order chi connectivity index (χ1) is 6.39. The van der Waals surface area contributed by atoms with E-state index in [0.717, 1.165) is 38.9 Å². The van der Waals surface area contributed by atoms with E-state index in [2.05, 4.69) is 32.6 Å². The van der Waals surface area contributed by atoms with Gasteiger partial charge in [-0.1, -0.05) is 27.7 Å². The minimum Gasteiger partial charge on any atom is -0.389 e. The third-order valence-corrected chi connectivity index (χ3v) is 3.75. The largest absolute Gasteiger partial charge is 0.389 e. The second kappa shape index (κ2) is 4.19. The van der Waals surface area contributed by atoms with Crippen LogP contribution in [-0.4, -0.2) is 35.2 Å². The van der Waals surface area contributed by atoms with E-state index in [4.69, 9.17) is 0 Å². The highest BCUT2D eigenvalue weighted by Crippen LogP contribution is 2.38. The van der Waals surface area contributed by atoms with Gasteiger partial charge in [0.25, 0.3) is 0 Å². The number of hydrogen-bond acceptors (Lipinski definition) is 2. The Morgan fingerprint density at radius 1 is 1.21 bits per heavy atom. The van der Waals surface area contributed by atoms with Gasteiger partial charge in [0.1, 0.15) is 0 Å². The fourth-order valence-electron chi connectivity index (χ4n) is 2.24. The molecule has 2 nitrogen and oxygen atoms in total. The first-order valence-electron chi connectivity index (χ1n) is 5.84. The van der Waals surface area contributed by atoms with Gasteiger partial charge in [-0.05, 0) is 37.8 Å². The molecule has 0 aliphatic carbocycles. The van der Waals surface area contributed by atoms with Gasteiger partial charge in [-0.3, -0.25) is 0 Å². The Bertz CT molecular complexity index is 185. The summed E-state index contributed by atoms with van der Waals surface area (Å²) in [5, 5.41) is 10.6. The van der Waals surface area contributed by atoms with Crippen molar-refractivity contribution in [1.82, 2.24) is 4.90 Å². The average molecular weight is 199 g/mol. The van der Waals surface area contributed by atoms with Gasteiger partial charge in [-0.15, -0.1) is 0 Å². The molecule has 1 aliphatic rings. The van der Waals surface area contributed by atoms with Crippen molar-refractivity contribution in [2.75, 3.05) is 19.6 Å². The zero-order chi connectivity index (χ0) is 10.8. The SMILES string of the molecule is CCN1CCCC(O)(C(C)(C)C)CC1. The Balaban J connectivity index is 2.65. The lowest BCUT2D eigenvalue weighted by atomic mass is 9.72. The van der Waals surface area contributed by atoms with Gasteiger partial charge >= 0.3 is 0 Å². The summed E-state index contributed by atoms with van der Waals surface area (Å²) in [6.07, 6.45) is 3.00. The number of likely N-dealkylation sites (tertiary alicyclic amines) is 1. The summed E-state index contributed by atoms with van der Waals surface area (Å²) in [7, 11) is 0. The van der Waals surface area contributed by atoms with Crippen LogP contribution in [0.15, 0.2) is 0 Å². The van der Waals surface area contributed by atoms with E-state index in [-0.39, 0.29) is 5.41 Å². The lowest BCUT2D eigenvalue weighted by molar-refractivity contribution is -0.0684. The summed E-state index contributed by atoms with van der Waals surface area (Å²) in [4.78, 5) is 2.43. The fraction of sp³-hybridized carbons (Fsp3) is 1.00. The van der Waals surface area contributed by atoms with Crippen LogP contribution in [0.3, 0.4) is 0 Å². The summed E-state index contributed by atoms with van der Waals surface area (Å²) in [6.45, 7) is 11.9. The van der Waals surface area contributed by atoms with Gasteiger partial charge in [0, 0.05) is 6.54 Å². The summed E-state index contributed by atoms with van der Waals surface area (Å²) in [5.74, 6) is 0. The summed E-state index contributed by atoms with van der Waals surface area (Å²) in [6, 6.07) is 0. The highest BCUT2D eigenvalue weighted by molar-refractivity contribution is 4.92. The van der Waals surface area contributed by atoms with Crippen LogP contribution in [0.4, 0.5) is 0 Å². The maximum Gasteiger partial charge on any atom is 0.0708 e. The molecule has 0 saturated carbocycles. The van der Waals surface area contributed by atoms with Crippen LogP contribution in [-0.2, 0) is 0 Å². The van der Waals surface area contributed by atoms with Crippen LogP contribution in [0.5, 0.6) is 0 Å². The molecule has 0 bridgehead atoms. The van der Waals surface area contributed by atoms with Crippen molar-refractivity contribution in [3.8, 4) is 0 Å². The highest BCUT2D eigenvalue weighted by Gasteiger charge is 2.40. The monoisotopic (exact) mass is 199 g/mol. The molecule has 2 heteroatoms. The Labute approximate surface area is 88.3 Å². The van der Waals surface area contributed by atoms with E-state index in [1.807, 2.05) is 0 Å². The zero-order valence-electron chi connectivity index (χ0n) is 10.1. The molecule has 1 heterocycles. The Hall–Kier alpha value is -0.0800. The van der Waals surface area contributed by atoms with Crippen molar-refractivity contribution in [2.45, 2.75) is 52.6 Å². The van der Waals surface area contributed by atoms with Gasteiger partial charge < -0.3 is 10.0 Å². The molecular formula is C12H25NO. The topological polar surface area (TPSA) is 23.5 Å². The van der Waals surface area contributed by atoms with Crippen LogP contribution in [0.25, 0.3) is 0 Å². The molecular weight excluding hydrogens is 174 g/mol. The number of rotatable bonds is 1. The quantitative estimate of drug-likeness (QED) is 0.700. The van der Waals surface area contributed by atoms with E-state index >= 15 is 0 Å². The number of nitrogens with zero attached hydrogens (tertiary/aromatic N) is 1. The van der Waals surface area contributed by atoms with Crippen LogP contribution < -0.4 is 0 Å². The van der Waals surface area contributed by atoms with E-state index in [1.54, 1.807) is 0 Å². The predicted molar refractivity (Wildman–Crippen MR) is 60.4 cm³/mol. The van der Waals surface area contributed by atoms with E-state index in [0.29, 0.717) is 0 Å². The number of hydrogen-bond donors (Lipinski definition) is 1. The first-order valence-corrected chi connectivity index (χ1v) is 5.84. The van der Waals surface area contributed by atoms with Crippen molar-refractivity contribution in [2.24, 2.45) is 5.41 Å². The Morgan fingerprint density at radius 2 is 1.86 bits per heavy atom. The molecule has 0 aromatic heterocycles. The highest BCUT2D eigenvalue weighted by atomic mass is 16.3. The molecule has 14 heavy (non-hydrogen) atoms. The number of aliphatic hydroxyl groups is 1. The second-order valence-electron chi connectivity index (χ2n) is 5.57. The van der Waals surface area contributed by atoms with Crippen LogP contribution in [0.1, 0.15) is 47.0 Å². The van der Waals surface area contributed by atoms with Crippen LogP contribution in [0.2, 0.25) is 0 Å². The molecule has 1 atom stereocenters. The third kappa shape index (κ3) is 2.48. The molecule has 1 fully saturated rings. The molecule has 0 spiro atoms. The van der Waals surface area contributed by atoms with Gasteiger partial charge in [-0.25, -0.2) is 0 Å². The van der Waals surface area contributed by atoms with Crippen LogP contribution >= 0.6 is 0 Å². The molecule has 1 saturated heterocycles. The standard InChI is InChI=1S/C12H25NO/c1-5-13-9-6-7-12(14,8-10-13)11(2,3)4/h14H,5-10H2,1-4H3. The van der Waals surface area contributed by atoms with Crippen molar-refractivity contribution in [3.63, 3.8) is 0 Å². The first kappa shape index (κ1) is 12.0. The summed E-state index contributed by atoms with van der Waals surface area (Å²) >= 11 is 0. The molecule has 84 valence electrons. The van der Waals surface area contributed by atoms with Crippen molar-refractivity contribution in [3.05, 3.63) is 0 Å². The second-order valence-corrected chi connectivity index (χ2v) is 5.57. The van der Waals surface area contributed by atoms with Gasteiger partial charge in [0.2, 0.25) is 0 Å². The van der Waals surface area contributed by atoms with E-state index < -0.39 is 5.60 Å². The summed E-state index contributed by atoms with van der Waals surface area (Å²) < 4.78 is 0. The molecule has 1 N–H and O–H groups in total. The van der Waals surface area contributed by atoms with Gasteiger partial charge in [0.15, 0.2) is 0 Å². The average Bonchev–Trinajstić information content (AvgIpc) is 2.27. The lowest BCUT2D eigenvalue weighted by Gasteiger charge is -2.39. The van der Waals surface area contributed by atoms with Gasteiger partial charge in [0.05, 0.1) is 5.60 Å². The lowest BCUT2D eigenvalue weighted by Crippen LogP contribution is -2.43. The molecule has 1 unspecified atom stereocenters. The minimum absolute atomic E-state index is 0.0107. The maximum atomic E-state index is 10.6. The summed E-state index contributed by atoms with van der Waals surface area (Å²) in [5.41, 5.74) is -0.451. The van der Waals surface area contributed by atoms with Crippen molar-refractivity contribution < 1.29 is 5.11 Å². The molecule has 0 radical (unpaired) electrons. The molecule has 0 amide bonds. The maximum absolute atomic E-state index is 10.6. The van der Waals surface area contributed by atoms with E-state index in [9.17, 15) is 5.11 Å². The fourth-order valence-corrected chi connectivity index (χ4v) is 2.24. The molecule has 0 aromatic carbocycles. The van der Waals surface area contributed by atoms with Crippen molar-refractivity contribution in [1.29, 1.82) is 0 Å². The van der Waals surface area contributed by atoms with Gasteiger partial charge in [-0.2, -0.15) is 0 Å². The molecule has 1 rings (SSSR count). The Morgan fingerprint density at radius 3 is 2.36 bits per heavy atom. The van der Waals surface area contributed by atoms with Crippen molar-refractivity contribution >= 4 is 0 Å². The smallest absolute Gasteiger partial charge is 0.0708 e. The normalized spacial score (nSPS) is 31.5. The Kier molecular flexibility index (Phi) is 3.59. The van der Waals surface area contributed by atoms with E-state index in [1.165, 1.54) is 0 Å². The molecule has 0 aromatic rings. The minimum atomic E-state index is -0.461. The third-order valence-electron chi connectivity index (χ3n) is 3.75. The van der Waals surface area contributed by atoms with Crippen LogP contribution in [0, 0.1) is 5.41 Å². The molecule has 1 aliphatic heterocycles. The predicted octanol–water partition coefficient (Wildman–Crippen LogP) is 2.27. The zero-order valence-corrected chi connectivity index (χ0v) is 10.1.